The van der Waals surface area contributed by atoms with Gasteiger partial charge in [0.2, 0.25) is 0 Å². The lowest BCUT2D eigenvalue weighted by Gasteiger charge is -2.34. The Labute approximate surface area is 158 Å². The second kappa shape index (κ2) is 8.97. The standard InChI is InChI=1S/C21H22ClFN2O/c22-20-4-2-1-3-19(20)21(26)10-12-25-15-13-24(14-16-25)11-9-17-5-7-18(23)8-6-17/h1-8,10,12H,9,11,13-16H2/b12-10+. The van der Waals surface area contributed by atoms with Crippen LogP contribution in [0.5, 0.6) is 0 Å². The van der Waals surface area contributed by atoms with Gasteiger partial charge in [-0.05, 0) is 36.2 Å². The molecule has 0 bridgehead atoms. The van der Waals surface area contributed by atoms with E-state index in [0.29, 0.717) is 10.6 Å². The number of benzene rings is 2. The zero-order chi connectivity index (χ0) is 18.4. The van der Waals surface area contributed by atoms with Gasteiger partial charge in [-0.2, -0.15) is 0 Å². The number of nitrogens with zero attached hydrogens (tertiary/aromatic N) is 2. The zero-order valence-corrected chi connectivity index (χ0v) is 15.3. The molecule has 0 amide bonds. The number of allylic oxidation sites excluding steroid dienone is 1. The molecule has 0 atom stereocenters. The number of hydrogen-bond donors (Lipinski definition) is 0. The second-order valence-electron chi connectivity index (χ2n) is 6.41. The van der Waals surface area contributed by atoms with Crippen LogP contribution in [0.2, 0.25) is 5.02 Å². The normalized spacial score (nSPS) is 15.5. The van der Waals surface area contributed by atoms with Crippen molar-refractivity contribution in [3.8, 4) is 0 Å². The molecule has 3 nitrogen and oxygen atoms in total. The monoisotopic (exact) mass is 372 g/mol. The van der Waals surface area contributed by atoms with Crippen molar-refractivity contribution in [2.45, 2.75) is 6.42 Å². The topological polar surface area (TPSA) is 23.6 Å². The zero-order valence-electron chi connectivity index (χ0n) is 14.6. The summed E-state index contributed by atoms with van der Waals surface area (Å²) in [4.78, 5) is 16.8. The molecule has 0 aliphatic carbocycles. The molecular formula is C21H22ClFN2O. The van der Waals surface area contributed by atoms with Crippen LogP contribution in [0.3, 0.4) is 0 Å². The minimum absolute atomic E-state index is 0.0747. The molecule has 0 N–H and O–H groups in total. The van der Waals surface area contributed by atoms with Crippen LogP contribution < -0.4 is 0 Å². The number of rotatable bonds is 6. The van der Waals surface area contributed by atoms with Crippen LogP contribution >= 0.6 is 11.6 Å². The fourth-order valence-corrected chi connectivity index (χ4v) is 3.23. The average Bonchev–Trinajstić information content (AvgIpc) is 2.67. The first-order valence-corrected chi connectivity index (χ1v) is 9.17. The summed E-state index contributed by atoms with van der Waals surface area (Å²) < 4.78 is 12.9. The van der Waals surface area contributed by atoms with Crippen LogP contribution in [-0.2, 0) is 6.42 Å². The molecule has 0 aromatic heterocycles. The van der Waals surface area contributed by atoms with E-state index >= 15 is 0 Å². The summed E-state index contributed by atoms with van der Waals surface area (Å²) in [6, 6.07) is 13.8. The fourth-order valence-electron chi connectivity index (χ4n) is 3.00. The van der Waals surface area contributed by atoms with E-state index < -0.39 is 0 Å². The molecule has 0 spiro atoms. The van der Waals surface area contributed by atoms with Crippen molar-refractivity contribution >= 4 is 17.4 Å². The third-order valence-electron chi connectivity index (χ3n) is 4.61. The van der Waals surface area contributed by atoms with Crippen molar-refractivity contribution in [3.63, 3.8) is 0 Å². The summed E-state index contributed by atoms with van der Waals surface area (Å²) >= 11 is 6.06. The third kappa shape index (κ3) is 5.16. The van der Waals surface area contributed by atoms with E-state index in [1.165, 1.54) is 12.1 Å². The van der Waals surface area contributed by atoms with Crippen LogP contribution in [0.4, 0.5) is 4.39 Å². The Morgan fingerprint density at radius 3 is 2.42 bits per heavy atom. The quantitative estimate of drug-likeness (QED) is 0.565. The third-order valence-corrected chi connectivity index (χ3v) is 4.94. The SMILES string of the molecule is O=C(/C=C/N1CCN(CCc2ccc(F)cc2)CC1)c1ccccc1Cl. The first kappa shape index (κ1) is 18.6. The minimum Gasteiger partial charge on any atom is -0.375 e. The fraction of sp³-hybridized carbons (Fsp3) is 0.286. The number of halogens is 2. The smallest absolute Gasteiger partial charge is 0.188 e. The van der Waals surface area contributed by atoms with Crippen LogP contribution in [0.15, 0.2) is 60.8 Å². The maximum Gasteiger partial charge on any atom is 0.188 e. The first-order valence-electron chi connectivity index (χ1n) is 8.80. The molecular weight excluding hydrogens is 351 g/mol. The molecule has 5 heteroatoms. The lowest BCUT2D eigenvalue weighted by atomic mass is 10.1. The van der Waals surface area contributed by atoms with Gasteiger partial charge in [0.25, 0.3) is 0 Å². The Bertz CT molecular complexity index is 768. The van der Waals surface area contributed by atoms with Gasteiger partial charge in [0.1, 0.15) is 5.82 Å². The van der Waals surface area contributed by atoms with Crippen molar-refractivity contribution in [1.29, 1.82) is 0 Å². The van der Waals surface area contributed by atoms with Crippen molar-refractivity contribution in [2.75, 3.05) is 32.7 Å². The van der Waals surface area contributed by atoms with E-state index in [4.69, 9.17) is 11.6 Å². The Morgan fingerprint density at radius 2 is 1.73 bits per heavy atom. The predicted molar refractivity (Wildman–Crippen MR) is 103 cm³/mol. The van der Waals surface area contributed by atoms with E-state index in [1.54, 1.807) is 18.2 Å². The Kier molecular flexibility index (Phi) is 6.42. The van der Waals surface area contributed by atoms with Crippen molar-refractivity contribution in [3.05, 3.63) is 82.8 Å². The Hall–Kier alpha value is -2.17. The molecule has 2 aromatic rings. The number of carbonyl (C=O) groups excluding carboxylic acids is 1. The van der Waals surface area contributed by atoms with E-state index in [-0.39, 0.29) is 11.6 Å². The molecule has 3 rings (SSSR count). The van der Waals surface area contributed by atoms with Crippen molar-refractivity contribution in [2.24, 2.45) is 0 Å². The van der Waals surface area contributed by atoms with Crippen LogP contribution in [0, 0.1) is 5.82 Å². The largest absolute Gasteiger partial charge is 0.375 e. The molecule has 1 fully saturated rings. The predicted octanol–water partition coefficient (Wildman–Crippen LogP) is 4.04. The summed E-state index contributed by atoms with van der Waals surface area (Å²) in [5, 5.41) is 0.479. The molecule has 0 unspecified atom stereocenters. The van der Waals surface area contributed by atoms with E-state index in [2.05, 4.69) is 9.80 Å². The maximum atomic E-state index is 12.9. The van der Waals surface area contributed by atoms with Gasteiger partial charge in [0.05, 0.1) is 5.02 Å². The second-order valence-corrected chi connectivity index (χ2v) is 6.82. The van der Waals surface area contributed by atoms with Crippen molar-refractivity contribution in [1.82, 2.24) is 9.80 Å². The Balaban J connectivity index is 1.44. The van der Waals surface area contributed by atoms with Gasteiger partial charge in [0.15, 0.2) is 5.78 Å². The summed E-state index contributed by atoms with van der Waals surface area (Å²) in [6.45, 7) is 4.63. The number of piperazine rings is 1. The molecule has 136 valence electrons. The number of hydrogen-bond acceptors (Lipinski definition) is 3. The highest BCUT2D eigenvalue weighted by atomic mass is 35.5. The van der Waals surface area contributed by atoms with Crippen LogP contribution in [0.1, 0.15) is 15.9 Å². The van der Waals surface area contributed by atoms with Gasteiger partial charge in [0, 0.05) is 50.6 Å². The van der Waals surface area contributed by atoms with Crippen molar-refractivity contribution < 1.29 is 9.18 Å². The lowest BCUT2D eigenvalue weighted by Crippen LogP contribution is -2.44. The van der Waals surface area contributed by atoms with E-state index in [9.17, 15) is 9.18 Å². The molecule has 1 aliphatic rings. The highest BCUT2D eigenvalue weighted by molar-refractivity contribution is 6.34. The number of carbonyl (C=O) groups is 1. The number of ketones is 1. The highest BCUT2D eigenvalue weighted by Crippen LogP contribution is 2.16. The molecule has 26 heavy (non-hydrogen) atoms. The molecule has 2 aromatic carbocycles. The lowest BCUT2D eigenvalue weighted by molar-refractivity contribution is 0.104. The molecule has 0 radical (unpaired) electrons. The van der Waals surface area contributed by atoms with Gasteiger partial charge in [-0.25, -0.2) is 4.39 Å². The summed E-state index contributed by atoms with van der Waals surface area (Å²) in [5.74, 6) is -0.269. The van der Waals surface area contributed by atoms with Crippen LogP contribution in [0.25, 0.3) is 0 Å². The van der Waals surface area contributed by atoms with Gasteiger partial charge in [-0.1, -0.05) is 35.9 Å². The summed E-state index contributed by atoms with van der Waals surface area (Å²) in [7, 11) is 0. The summed E-state index contributed by atoms with van der Waals surface area (Å²) in [6.07, 6.45) is 4.37. The van der Waals surface area contributed by atoms with E-state index in [0.717, 1.165) is 44.7 Å². The average molecular weight is 373 g/mol. The molecule has 1 heterocycles. The van der Waals surface area contributed by atoms with Gasteiger partial charge in [-0.15, -0.1) is 0 Å². The van der Waals surface area contributed by atoms with E-state index in [1.807, 2.05) is 30.5 Å². The Morgan fingerprint density at radius 1 is 1.04 bits per heavy atom. The van der Waals surface area contributed by atoms with Gasteiger partial charge < -0.3 is 4.90 Å². The molecule has 0 saturated carbocycles. The van der Waals surface area contributed by atoms with Gasteiger partial charge in [-0.3, -0.25) is 9.69 Å². The maximum absolute atomic E-state index is 12.9. The molecule has 1 aliphatic heterocycles. The summed E-state index contributed by atoms with van der Waals surface area (Å²) in [5.41, 5.74) is 1.68. The first-order chi connectivity index (χ1) is 12.6. The minimum atomic E-state index is -0.194. The van der Waals surface area contributed by atoms with Gasteiger partial charge >= 0.3 is 0 Å². The highest BCUT2D eigenvalue weighted by Gasteiger charge is 2.14. The van der Waals surface area contributed by atoms with Crippen LogP contribution in [-0.4, -0.2) is 48.3 Å². The molecule has 1 saturated heterocycles.